The zero-order valence-electron chi connectivity index (χ0n) is 6.16. The van der Waals surface area contributed by atoms with Gasteiger partial charge in [0.25, 0.3) is 0 Å². The van der Waals surface area contributed by atoms with Crippen LogP contribution in [0.25, 0.3) is 10.2 Å². The zero-order chi connectivity index (χ0) is 7.84. The van der Waals surface area contributed by atoms with E-state index < -0.39 is 0 Å². The first kappa shape index (κ1) is 6.61. The number of rotatable bonds is 0. The Morgan fingerprint density at radius 3 is 3.09 bits per heavy atom. The van der Waals surface area contributed by atoms with Gasteiger partial charge < -0.3 is 5.73 Å². The molecule has 0 radical (unpaired) electrons. The first-order chi connectivity index (χ1) is 5.29. The van der Waals surface area contributed by atoms with Gasteiger partial charge in [0.2, 0.25) is 0 Å². The largest absolute Gasteiger partial charge is 0.397 e. The molecule has 0 aliphatic heterocycles. The molecule has 0 bridgehead atoms. The summed E-state index contributed by atoms with van der Waals surface area (Å²) < 4.78 is 0. The van der Waals surface area contributed by atoms with E-state index in [4.69, 9.17) is 5.73 Å². The Morgan fingerprint density at radius 1 is 1.55 bits per heavy atom. The summed E-state index contributed by atoms with van der Waals surface area (Å²) in [5, 5.41) is 1.08. The van der Waals surface area contributed by atoms with Crippen molar-refractivity contribution in [3.05, 3.63) is 23.2 Å². The van der Waals surface area contributed by atoms with Crippen molar-refractivity contribution in [1.82, 2.24) is 4.98 Å². The molecule has 0 fully saturated rings. The fraction of sp³-hybridized carbons (Fsp3) is 0.125. The van der Waals surface area contributed by atoms with Gasteiger partial charge in [0.15, 0.2) is 0 Å². The van der Waals surface area contributed by atoms with E-state index in [1.54, 1.807) is 17.5 Å². The van der Waals surface area contributed by atoms with Crippen LogP contribution in [0.2, 0.25) is 0 Å². The summed E-state index contributed by atoms with van der Waals surface area (Å²) in [7, 11) is 0. The minimum absolute atomic E-state index is 0.873. The molecule has 2 nitrogen and oxygen atoms in total. The number of pyridine rings is 1. The number of hydrogen-bond acceptors (Lipinski definition) is 3. The van der Waals surface area contributed by atoms with E-state index in [0.717, 1.165) is 20.8 Å². The Bertz CT molecular complexity index is 392. The standard InChI is InChI=1S/C8H8N2S/c1-5-7(9)6-3-2-4-10-8(6)11-5/h2-4H,9H2,1H3. The maximum Gasteiger partial charge on any atom is 0.125 e. The van der Waals surface area contributed by atoms with Crippen molar-refractivity contribution >= 4 is 27.2 Å². The number of aryl methyl sites for hydroxylation is 1. The minimum atomic E-state index is 0.873. The molecule has 0 unspecified atom stereocenters. The molecule has 2 aromatic heterocycles. The third-order valence-electron chi connectivity index (χ3n) is 1.69. The van der Waals surface area contributed by atoms with E-state index in [2.05, 4.69) is 4.98 Å². The van der Waals surface area contributed by atoms with Gasteiger partial charge in [-0.2, -0.15) is 0 Å². The number of hydrogen-bond donors (Lipinski definition) is 1. The number of nitrogens with zero attached hydrogens (tertiary/aromatic N) is 1. The second-order valence-electron chi connectivity index (χ2n) is 2.43. The number of nitrogens with two attached hydrogens (primary N) is 1. The molecule has 2 rings (SSSR count). The first-order valence-corrected chi connectivity index (χ1v) is 4.20. The summed E-state index contributed by atoms with van der Waals surface area (Å²) in [6.45, 7) is 2.02. The van der Waals surface area contributed by atoms with Crippen molar-refractivity contribution in [2.24, 2.45) is 0 Å². The van der Waals surface area contributed by atoms with Crippen LogP contribution in [0.15, 0.2) is 18.3 Å². The monoisotopic (exact) mass is 164 g/mol. The lowest BCUT2D eigenvalue weighted by atomic mass is 10.3. The molecule has 2 heterocycles. The van der Waals surface area contributed by atoms with Crippen molar-refractivity contribution in [2.75, 3.05) is 5.73 Å². The topological polar surface area (TPSA) is 38.9 Å². The second-order valence-corrected chi connectivity index (χ2v) is 3.63. The van der Waals surface area contributed by atoms with Crippen molar-refractivity contribution in [1.29, 1.82) is 0 Å². The summed E-state index contributed by atoms with van der Waals surface area (Å²) in [4.78, 5) is 6.38. The molecule has 0 saturated carbocycles. The highest BCUT2D eigenvalue weighted by Gasteiger charge is 2.03. The van der Waals surface area contributed by atoms with Gasteiger partial charge in [0.05, 0.1) is 5.69 Å². The van der Waals surface area contributed by atoms with Crippen LogP contribution in [0.1, 0.15) is 4.88 Å². The molecule has 0 aliphatic carbocycles. The van der Waals surface area contributed by atoms with Crippen LogP contribution in [0, 0.1) is 6.92 Å². The van der Waals surface area contributed by atoms with E-state index in [9.17, 15) is 0 Å². The van der Waals surface area contributed by atoms with E-state index in [1.165, 1.54) is 0 Å². The van der Waals surface area contributed by atoms with Gasteiger partial charge in [-0.05, 0) is 19.1 Å². The molecule has 0 aliphatic rings. The molecule has 0 aromatic carbocycles. The molecule has 0 atom stereocenters. The van der Waals surface area contributed by atoms with Crippen molar-refractivity contribution < 1.29 is 0 Å². The van der Waals surface area contributed by atoms with Gasteiger partial charge >= 0.3 is 0 Å². The Morgan fingerprint density at radius 2 is 2.36 bits per heavy atom. The summed E-state index contributed by atoms with van der Waals surface area (Å²) in [5.74, 6) is 0. The van der Waals surface area contributed by atoms with Crippen LogP contribution in [0.3, 0.4) is 0 Å². The lowest BCUT2D eigenvalue weighted by molar-refractivity contribution is 1.45. The van der Waals surface area contributed by atoms with Gasteiger partial charge in [-0.25, -0.2) is 4.98 Å². The van der Waals surface area contributed by atoms with Crippen LogP contribution in [0.4, 0.5) is 5.69 Å². The zero-order valence-corrected chi connectivity index (χ0v) is 6.98. The molecule has 0 saturated heterocycles. The van der Waals surface area contributed by atoms with Gasteiger partial charge in [-0.3, -0.25) is 0 Å². The lowest BCUT2D eigenvalue weighted by Crippen LogP contribution is -1.83. The second kappa shape index (κ2) is 2.20. The highest BCUT2D eigenvalue weighted by Crippen LogP contribution is 2.30. The highest BCUT2D eigenvalue weighted by atomic mass is 32.1. The van der Waals surface area contributed by atoms with Crippen molar-refractivity contribution in [3.63, 3.8) is 0 Å². The normalized spacial score (nSPS) is 10.6. The molecule has 56 valence electrons. The molecule has 0 amide bonds. The molecule has 0 spiro atoms. The number of fused-ring (bicyclic) bond motifs is 1. The average Bonchev–Trinajstić information content (AvgIpc) is 2.30. The van der Waals surface area contributed by atoms with Gasteiger partial charge in [0.1, 0.15) is 4.83 Å². The van der Waals surface area contributed by atoms with Gasteiger partial charge in [-0.1, -0.05) is 0 Å². The Kier molecular flexibility index (Phi) is 1.32. The predicted octanol–water partition coefficient (Wildman–Crippen LogP) is 2.19. The molecule has 3 heteroatoms. The molecule has 2 aromatic rings. The van der Waals surface area contributed by atoms with Crippen LogP contribution >= 0.6 is 11.3 Å². The summed E-state index contributed by atoms with van der Waals surface area (Å²) >= 11 is 1.64. The number of anilines is 1. The number of aromatic nitrogens is 1. The lowest BCUT2D eigenvalue weighted by Gasteiger charge is -1.88. The highest BCUT2D eigenvalue weighted by molar-refractivity contribution is 7.19. The quantitative estimate of drug-likeness (QED) is 0.648. The fourth-order valence-electron chi connectivity index (χ4n) is 1.07. The summed E-state index contributed by atoms with van der Waals surface area (Å²) in [5.41, 5.74) is 6.68. The van der Waals surface area contributed by atoms with Crippen molar-refractivity contribution in [3.8, 4) is 0 Å². The first-order valence-electron chi connectivity index (χ1n) is 3.38. The van der Waals surface area contributed by atoms with Crippen LogP contribution in [0.5, 0.6) is 0 Å². The third kappa shape index (κ3) is 0.886. The maximum absolute atomic E-state index is 5.81. The predicted molar refractivity (Wildman–Crippen MR) is 48.8 cm³/mol. The summed E-state index contributed by atoms with van der Waals surface area (Å²) in [6.07, 6.45) is 1.79. The SMILES string of the molecule is Cc1sc2ncccc2c1N. The van der Waals surface area contributed by atoms with Crippen LogP contribution < -0.4 is 5.73 Å². The molecule has 11 heavy (non-hydrogen) atoms. The number of nitrogen functional groups attached to an aromatic ring is 1. The van der Waals surface area contributed by atoms with Gasteiger partial charge in [-0.15, -0.1) is 11.3 Å². The van der Waals surface area contributed by atoms with Crippen LogP contribution in [-0.2, 0) is 0 Å². The van der Waals surface area contributed by atoms with E-state index in [1.807, 2.05) is 19.1 Å². The van der Waals surface area contributed by atoms with E-state index >= 15 is 0 Å². The third-order valence-corrected chi connectivity index (χ3v) is 2.74. The fourth-order valence-corrected chi connectivity index (χ4v) is 1.98. The Labute approximate surface area is 68.7 Å². The smallest absolute Gasteiger partial charge is 0.125 e. The maximum atomic E-state index is 5.81. The Hall–Kier alpha value is -1.09. The average molecular weight is 164 g/mol. The molecular formula is C8H8N2S. The number of thiophene rings is 1. The summed E-state index contributed by atoms with van der Waals surface area (Å²) in [6, 6.07) is 3.91. The Balaban J connectivity index is 2.92. The molecule has 2 N–H and O–H groups in total. The van der Waals surface area contributed by atoms with E-state index in [0.29, 0.717) is 0 Å². The van der Waals surface area contributed by atoms with Crippen molar-refractivity contribution in [2.45, 2.75) is 6.92 Å². The van der Waals surface area contributed by atoms with Gasteiger partial charge in [0, 0.05) is 16.5 Å². The minimum Gasteiger partial charge on any atom is -0.397 e. The van der Waals surface area contributed by atoms with Crippen LogP contribution in [-0.4, -0.2) is 4.98 Å². The molecular weight excluding hydrogens is 156 g/mol. The van der Waals surface area contributed by atoms with E-state index in [-0.39, 0.29) is 0 Å².